The number of amides is 2. The first kappa shape index (κ1) is 16.0. The molecule has 1 aromatic heterocycles. The molecule has 2 amide bonds. The van der Waals surface area contributed by atoms with Crippen molar-refractivity contribution in [3.8, 4) is 5.75 Å². The van der Waals surface area contributed by atoms with Crippen LogP contribution in [0.2, 0.25) is 0 Å². The largest absolute Gasteiger partial charge is 0.484 e. The summed E-state index contributed by atoms with van der Waals surface area (Å²) in [6.07, 6.45) is 1.46. The van der Waals surface area contributed by atoms with Gasteiger partial charge in [0.05, 0.1) is 5.92 Å². The van der Waals surface area contributed by atoms with Gasteiger partial charge in [-0.15, -0.1) is 0 Å². The minimum Gasteiger partial charge on any atom is -0.484 e. The third-order valence-electron chi connectivity index (χ3n) is 4.13. The van der Waals surface area contributed by atoms with Gasteiger partial charge in [-0.05, 0) is 31.0 Å². The predicted octanol–water partition coefficient (Wildman–Crippen LogP) is 0.896. The molecule has 7 nitrogen and oxygen atoms in total. The summed E-state index contributed by atoms with van der Waals surface area (Å²) in [6, 6.07) is 8.04. The number of hydrogen-bond donors (Lipinski definition) is 1. The summed E-state index contributed by atoms with van der Waals surface area (Å²) in [5.74, 6) is -0.431. The molecule has 1 unspecified atom stereocenters. The van der Waals surface area contributed by atoms with Crippen LogP contribution in [0.1, 0.15) is 12.8 Å². The van der Waals surface area contributed by atoms with Crippen LogP contribution in [0.4, 0.5) is 0 Å². The molecule has 1 fully saturated rings. The Labute approximate surface area is 138 Å². The van der Waals surface area contributed by atoms with E-state index in [-0.39, 0.29) is 24.3 Å². The standard InChI is InChI=1S/C17H18N2O5/c18-17(22)12-2-1-7-19(9-12)15(20)10-23-13-5-3-11-4-6-16(21)24-14(11)8-13/h3-6,8,12H,1-2,7,9-10H2,(H2,18,22). The summed E-state index contributed by atoms with van der Waals surface area (Å²) < 4.78 is 10.6. The third-order valence-corrected chi connectivity index (χ3v) is 4.13. The van der Waals surface area contributed by atoms with Crippen LogP contribution < -0.4 is 16.1 Å². The third kappa shape index (κ3) is 3.56. The van der Waals surface area contributed by atoms with Gasteiger partial charge in [0, 0.05) is 30.6 Å². The van der Waals surface area contributed by atoms with Crippen molar-refractivity contribution in [2.75, 3.05) is 19.7 Å². The van der Waals surface area contributed by atoms with Gasteiger partial charge in [0.2, 0.25) is 5.91 Å². The second-order valence-electron chi connectivity index (χ2n) is 5.82. The van der Waals surface area contributed by atoms with Crippen LogP contribution in [0, 0.1) is 5.92 Å². The number of nitrogens with two attached hydrogens (primary N) is 1. The number of fused-ring (bicyclic) bond motifs is 1. The summed E-state index contributed by atoms with van der Waals surface area (Å²) in [5.41, 5.74) is 5.27. The van der Waals surface area contributed by atoms with E-state index in [1.54, 1.807) is 29.2 Å². The number of primary amides is 1. The zero-order chi connectivity index (χ0) is 17.1. The Morgan fingerprint density at radius 2 is 2.08 bits per heavy atom. The lowest BCUT2D eigenvalue weighted by Gasteiger charge is -2.31. The molecule has 0 bridgehead atoms. The topological polar surface area (TPSA) is 103 Å². The van der Waals surface area contributed by atoms with E-state index >= 15 is 0 Å². The van der Waals surface area contributed by atoms with E-state index in [2.05, 4.69) is 0 Å². The minimum absolute atomic E-state index is 0.145. The molecular weight excluding hydrogens is 312 g/mol. The number of hydrogen-bond acceptors (Lipinski definition) is 5. The molecule has 1 saturated heterocycles. The Morgan fingerprint density at radius 3 is 2.88 bits per heavy atom. The first-order chi connectivity index (χ1) is 11.5. The number of rotatable bonds is 4. The van der Waals surface area contributed by atoms with Gasteiger partial charge in [0.1, 0.15) is 11.3 Å². The second-order valence-corrected chi connectivity index (χ2v) is 5.82. The average molecular weight is 330 g/mol. The number of piperidine rings is 1. The van der Waals surface area contributed by atoms with Crippen LogP contribution >= 0.6 is 0 Å². The first-order valence-corrected chi connectivity index (χ1v) is 7.77. The van der Waals surface area contributed by atoms with Crippen LogP contribution in [0.25, 0.3) is 11.0 Å². The van der Waals surface area contributed by atoms with Gasteiger partial charge < -0.3 is 19.8 Å². The first-order valence-electron chi connectivity index (χ1n) is 7.77. The number of benzene rings is 1. The molecule has 1 aliphatic heterocycles. The Morgan fingerprint density at radius 1 is 1.29 bits per heavy atom. The fraction of sp³-hybridized carbons (Fsp3) is 0.353. The average Bonchev–Trinajstić information content (AvgIpc) is 2.59. The summed E-state index contributed by atoms with van der Waals surface area (Å²) in [4.78, 5) is 36.3. The molecule has 7 heteroatoms. The molecule has 1 aromatic carbocycles. The number of likely N-dealkylation sites (tertiary alicyclic amines) is 1. The van der Waals surface area contributed by atoms with E-state index in [4.69, 9.17) is 14.9 Å². The van der Waals surface area contributed by atoms with Crippen molar-refractivity contribution >= 4 is 22.8 Å². The monoisotopic (exact) mass is 330 g/mol. The molecule has 2 aromatic rings. The fourth-order valence-electron chi connectivity index (χ4n) is 2.80. The maximum absolute atomic E-state index is 12.2. The molecule has 3 rings (SSSR count). The normalized spacial score (nSPS) is 17.7. The van der Waals surface area contributed by atoms with Crippen molar-refractivity contribution in [2.24, 2.45) is 11.7 Å². The van der Waals surface area contributed by atoms with Gasteiger partial charge in [-0.1, -0.05) is 0 Å². The molecule has 0 saturated carbocycles. The van der Waals surface area contributed by atoms with Crippen molar-refractivity contribution < 1.29 is 18.7 Å². The van der Waals surface area contributed by atoms with Gasteiger partial charge >= 0.3 is 5.63 Å². The highest BCUT2D eigenvalue weighted by molar-refractivity contribution is 5.81. The molecule has 0 radical (unpaired) electrons. The Hall–Kier alpha value is -2.83. The number of nitrogens with zero attached hydrogens (tertiary/aromatic N) is 1. The second kappa shape index (κ2) is 6.74. The van der Waals surface area contributed by atoms with Crippen molar-refractivity contribution in [1.82, 2.24) is 4.90 Å². The van der Waals surface area contributed by atoms with Crippen LogP contribution in [0.3, 0.4) is 0 Å². The van der Waals surface area contributed by atoms with Crippen molar-refractivity contribution in [3.63, 3.8) is 0 Å². The van der Waals surface area contributed by atoms with Crippen LogP contribution in [0.15, 0.2) is 39.5 Å². The van der Waals surface area contributed by atoms with E-state index in [1.807, 2.05) is 0 Å². The molecule has 2 N–H and O–H groups in total. The summed E-state index contributed by atoms with van der Waals surface area (Å²) in [7, 11) is 0. The Bertz CT molecular complexity index is 829. The lowest BCUT2D eigenvalue weighted by Crippen LogP contribution is -2.45. The molecule has 1 atom stereocenters. The highest BCUT2D eigenvalue weighted by Crippen LogP contribution is 2.20. The summed E-state index contributed by atoms with van der Waals surface area (Å²) >= 11 is 0. The van der Waals surface area contributed by atoms with Gasteiger partial charge in [-0.25, -0.2) is 4.79 Å². The van der Waals surface area contributed by atoms with Crippen molar-refractivity contribution in [2.45, 2.75) is 12.8 Å². The Balaban J connectivity index is 1.63. The molecule has 0 spiro atoms. The van der Waals surface area contributed by atoms with Crippen LogP contribution in [-0.4, -0.2) is 36.4 Å². The van der Waals surface area contributed by atoms with Gasteiger partial charge in [-0.2, -0.15) is 0 Å². The van der Waals surface area contributed by atoms with Crippen molar-refractivity contribution in [3.05, 3.63) is 40.8 Å². The highest BCUT2D eigenvalue weighted by atomic mass is 16.5. The van der Waals surface area contributed by atoms with E-state index in [9.17, 15) is 14.4 Å². The fourth-order valence-corrected chi connectivity index (χ4v) is 2.80. The molecule has 0 aliphatic carbocycles. The SMILES string of the molecule is NC(=O)C1CCCN(C(=O)COc2ccc3ccc(=O)oc3c2)C1. The zero-order valence-corrected chi connectivity index (χ0v) is 13.1. The maximum Gasteiger partial charge on any atom is 0.336 e. The summed E-state index contributed by atoms with van der Waals surface area (Å²) in [6.45, 7) is 0.788. The maximum atomic E-state index is 12.2. The van der Waals surface area contributed by atoms with Gasteiger partial charge in [0.15, 0.2) is 6.61 Å². The number of carbonyl (C=O) groups is 2. The van der Waals surface area contributed by atoms with Gasteiger partial charge in [-0.3, -0.25) is 9.59 Å². The number of carbonyl (C=O) groups excluding carboxylic acids is 2. The van der Waals surface area contributed by atoms with Crippen LogP contribution in [0.5, 0.6) is 5.75 Å². The van der Waals surface area contributed by atoms with E-state index in [1.165, 1.54) is 6.07 Å². The smallest absolute Gasteiger partial charge is 0.336 e. The lowest BCUT2D eigenvalue weighted by atomic mass is 9.97. The molecule has 126 valence electrons. The van der Waals surface area contributed by atoms with Gasteiger partial charge in [0.25, 0.3) is 5.91 Å². The predicted molar refractivity (Wildman–Crippen MR) is 86.5 cm³/mol. The molecule has 24 heavy (non-hydrogen) atoms. The molecule has 1 aliphatic rings. The molecular formula is C17H18N2O5. The van der Waals surface area contributed by atoms with Crippen LogP contribution in [-0.2, 0) is 9.59 Å². The quantitative estimate of drug-likeness (QED) is 0.839. The van der Waals surface area contributed by atoms with E-state index in [0.29, 0.717) is 30.8 Å². The van der Waals surface area contributed by atoms with E-state index < -0.39 is 5.63 Å². The Kier molecular flexibility index (Phi) is 4.50. The minimum atomic E-state index is -0.443. The number of ether oxygens (including phenoxy) is 1. The van der Waals surface area contributed by atoms with Crippen molar-refractivity contribution in [1.29, 1.82) is 0 Å². The van der Waals surface area contributed by atoms with E-state index in [0.717, 1.165) is 11.8 Å². The highest BCUT2D eigenvalue weighted by Gasteiger charge is 2.27. The lowest BCUT2D eigenvalue weighted by molar-refractivity contribution is -0.136. The molecule has 2 heterocycles. The summed E-state index contributed by atoms with van der Waals surface area (Å²) in [5, 5.41) is 0.772. The zero-order valence-electron chi connectivity index (χ0n) is 13.1.